The minimum atomic E-state index is -5.68. The maximum absolute atomic E-state index is 9.32. The van der Waals surface area contributed by atoms with Gasteiger partial charge in [0.2, 0.25) is 0 Å². The molecule has 31 heteroatoms. The quantitative estimate of drug-likeness (QED) is 0.223. The molecule has 0 rings (SSSR count). The van der Waals surface area contributed by atoms with Gasteiger partial charge in [0.05, 0.1) is 46.9 Å². The molecule has 168 valence electrons. The zero-order chi connectivity index (χ0) is 23.1. The third-order valence-electron chi connectivity index (χ3n) is 0.600. The Labute approximate surface area is 246 Å². The molecular weight excluding hydrogens is 981 g/mol. The SMILES string of the molecule is O=P([O-])([O-])OP(=O)([O-])[O-].O=P([O-])([O-])OP(=O)([O-])[O-].O=P([O-])([O-])OP(=O)([O-])[O-].[In+3].[In+3].[In+3].[In+3]. The van der Waals surface area contributed by atoms with Crippen molar-refractivity contribution in [2.45, 2.75) is 0 Å². The van der Waals surface area contributed by atoms with Crippen LogP contribution in [0.15, 0.2) is 0 Å². The summed E-state index contributed by atoms with van der Waals surface area (Å²) in [5, 5.41) is 0. The van der Waals surface area contributed by atoms with Crippen molar-refractivity contribution in [1.29, 1.82) is 0 Å². The van der Waals surface area contributed by atoms with Gasteiger partial charge >= 0.3 is 103 Å². The minimum absolute atomic E-state index is 0. The van der Waals surface area contributed by atoms with Crippen LogP contribution in [0.1, 0.15) is 0 Å². The Morgan fingerprint density at radius 1 is 0.290 bits per heavy atom. The van der Waals surface area contributed by atoms with E-state index in [1.807, 2.05) is 0 Å². The normalized spacial score (nSPS) is 12.0. The van der Waals surface area contributed by atoms with Crippen molar-refractivity contribution in [3.05, 3.63) is 0 Å². The second-order valence-corrected chi connectivity index (χ2v) is 10.3. The van der Waals surface area contributed by atoms with Crippen LogP contribution in [0.4, 0.5) is 0 Å². The second kappa shape index (κ2) is 20.3. The number of rotatable bonds is 6. The summed E-state index contributed by atoms with van der Waals surface area (Å²) in [6, 6.07) is 0. The van der Waals surface area contributed by atoms with E-state index < -0.39 is 46.9 Å². The first-order valence-electron chi connectivity index (χ1n) is 4.38. The molecule has 0 heterocycles. The molecular formula is In4O21P6. The summed E-state index contributed by atoms with van der Waals surface area (Å²) in [5.41, 5.74) is 0. The molecule has 0 radical (unpaired) electrons. The zero-order valence-corrected chi connectivity index (χ0v) is 32.1. The summed E-state index contributed by atoms with van der Waals surface area (Å²) in [4.78, 5) is 112. The van der Waals surface area contributed by atoms with Crippen molar-refractivity contribution in [2.24, 2.45) is 0 Å². The molecule has 0 unspecified atom stereocenters. The van der Waals surface area contributed by atoms with Crippen molar-refractivity contribution in [2.75, 3.05) is 0 Å². The number of hydrogen-bond acceptors (Lipinski definition) is 21. The average Bonchev–Trinajstić information content (AvgIpc) is 1.96. The van der Waals surface area contributed by atoms with E-state index in [0.717, 1.165) is 0 Å². The predicted molar refractivity (Wildman–Crippen MR) is 71.9 cm³/mol. The van der Waals surface area contributed by atoms with Crippen LogP contribution < -0.4 is 58.7 Å². The van der Waals surface area contributed by atoms with Crippen LogP contribution in [0.25, 0.3) is 0 Å². The standard InChI is InChI=1S/4In.3H4O7P2/c;;;;3*1-8(2,3)7-9(4,5)6/h;;;;3*(H2,1,2,3)(H2,4,5,6)/q4*+3;;;/p-12. The molecule has 21 nitrogen and oxygen atoms in total. The first kappa shape index (κ1) is 51.8. The van der Waals surface area contributed by atoms with Crippen LogP contribution in [0.3, 0.4) is 0 Å². The molecule has 31 heavy (non-hydrogen) atoms. The molecule has 0 aliphatic rings. The van der Waals surface area contributed by atoms with Crippen LogP contribution in [0, 0.1) is 0 Å². The van der Waals surface area contributed by atoms with Crippen LogP contribution >= 0.6 is 46.9 Å². The van der Waals surface area contributed by atoms with Gasteiger partial charge in [0.15, 0.2) is 0 Å². The summed E-state index contributed by atoms with van der Waals surface area (Å²) in [6.45, 7) is 0. The molecule has 0 aliphatic heterocycles. The average molecular weight is 981 g/mol. The Bertz CT molecular complexity index is 559. The largest absolute Gasteiger partial charge is 3.00 e. The molecule has 0 aromatic rings. The van der Waals surface area contributed by atoms with E-state index in [1.54, 1.807) is 0 Å². The number of phosphoric acid groups is 6. The smallest absolute Gasteiger partial charge is 0.790 e. The maximum Gasteiger partial charge on any atom is 3.00 e. The maximum atomic E-state index is 9.32. The van der Waals surface area contributed by atoms with Gasteiger partial charge in [0, 0.05) is 0 Å². The third kappa shape index (κ3) is 72.0. The summed E-state index contributed by atoms with van der Waals surface area (Å²) >= 11 is 0. The molecule has 0 N–H and O–H groups in total. The van der Waals surface area contributed by atoms with Gasteiger partial charge in [-0.2, -0.15) is 0 Å². The molecule has 0 saturated heterocycles. The van der Waals surface area contributed by atoms with Crippen molar-refractivity contribution >= 4 is 150 Å². The van der Waals surface area contributed by atoms with Gasteiger partial charge in [-0.25, -0.2) is 0 Å². The van der Waals surface area contributed by atoms with E-state index in [4.69, 9.17) is 0 Å². The van der Waals surface area contributed by atoms with Gasteiger partial charge in [-0.3, -0.25) is 0 Å². The summed E-state index contributed by atoms with van der Waals surface area (Å²) in [6.07, 6.45) is 0. The van der Waals surface area contributed by atoms with Crippen molar-refractivity contribution in [3.8, 4) is 0 Å². The Morgan fingerprint density at radius 2 is 0.355 bits per heavy atom. The fourth-order valence-corrected chi connectivity index (χ4v) is 3.31. The van der Waals surface area contributed by atoms with Gasteiger partial charge in [0.25, 0.3) is 0 Å². The topological polar surface area (TPSA) is 407 Å². The second-order valence-electron chi connectivity index (χ2n) is 2.93. The fourth-order valence-electron chi connectivity index (χ4n) is 0.367. The number of hydrogen-bond donors (Lipinski definition) is 0. The molecule has 0 aliphatic carbocycles. The first-order valence-corrected chi connectivity index (χ1v) is 13.1. The zero-order valence-electron chi connectivity index (χ0n) is 13.6. The summed E-state index contributed by atoms with van der Waals surface area (Å²) < 4.78 is 63.5. The van der Waals surface area contributed by atoms with Crippen molar-refractivity contribution in [1.82, 2.24) is 0 Å². The van der Waals surface area contributed by atoms with Crippen LogP contribution in [-0.4, -0.2) is 103 Å². The fraction of sp³-hybridized carbons (Fsp3) is 0. The van der Waals surface area contributed by atoms with Gasteiger partial charge in [-0.1, -0.05) is 0 Å². The van der Waals surface area contributed by atoms with E-state index in [2.05, 4.69) is 12.9 Å². The van der Waals surface area contributed by atoms with Gasteiger partial charge in [-0.05, 0) is 0 Å². The van der Waals surface area contributed by atoms with Gasteiger partial charge in [0.1, 0.15) is 0 Å². The Kier molecular flexibility index (Phi) is 33.9. The van der Waals surface area contributed by atoms with Gasteiger partial charge < -0.3 is 99.0 Å². The first-order chi connectivity index (χ1) is 11.1. The van der Waals surface area contributed by atoms with Crippen LogP contribution in [0.5, 0.6) is 0 Å². The Hall–Kier alpha value is 4.26. The molecule has 0 aromatic carbocycles. The van der Waals surface area contributed by atoms with E-state index in [0.29, 0.717) is 0 Å². The summed E-state index contributed by atoms with van der Waals surface area (Å²) in [5.74, 6) is 0. The van der Waals surface area contributed by atoms with Crippen molar-refractivity contribution in [3.63, 3.8) is 0 Å². The molecule has 0 amide bonds. The van der Waals surface area contributed by atoms with E-state index in [-0.39, 0.29) is 103 Å². The van der Waals surface area contributed by atoms with Crippen LogP contribution in [0.2, 0.25) is 0 Å². The molecule has 0 atom stereocenters. The third-order valence-corrected chi connectivity index (χ3v) is 5.40. The van der Waals surface area contributed by atoms with E-state index >= 15 is 0 Å². The molecule has 0 aromatic heterocycles. The molecule has 0 spiro atoms. The van der Waals surface area contributed by atoms with Gasteiger partial charge in [-0.15, -0.1) is 0 Å². The summed E-state index contributed by atoms with van der Waals surface area (Å²) in [7, 11) is -34.1. The van der Waals surface area contributed by atoms with E-state index in [9.17, 15) is 86.1 Å². The minimum Gasteiger partial charge on any atom is -0.790 e. The molecule has 0 saturated carbocycles. The molecule has 0 bridgehead atoms. The monoisotopic (exact) mass is 981 g/mol. The molecule has 0 fully saturated rings. The van der Waals surface area contributed by atoms with Crippen LogP contribution in [-0.2, 0) is 40.3 Å². The predicted octanol–water partition coefficient (Wildman–Crippen LogP) is -11.5. The Morgan fingerprint density at radius 3 is 0.355 bits per heavy atom. The Balaban J connectivity index is -0.0000000524. The van der Waals surface area contributed by atoms with E-state index in [1.165, 1.54) is 0 Å². The van der Waals surface area contributed by atoms with Crippen molar-refractivity contribution < 1.29 is 99.0 Å².